The molecule has 0 aliphatic heterocycles. The van der Waals surface area contributed by atoms with E-state index in [1.165, 1.54) is 4.52 Å². The van der Waals surface area contributed by atoms with Crippen LogP contribution in [0, 0.1) is 6.92 Å². The first-order chi connectivity index (χ1) is 16.2. The van der Waals surface area contributed by atoms with Crippen molar-refractivity contribution in [1.82, 2.24) is 29.8 Å². The van der Waals surface area contributed by atoms with Crippen molar-refractivity contribution >= 4 is 16.7 Å². The number of aromatic nitrogens is 6. The number of oxazole rings is 1. The highest BCUT2D eigenvalue weighted by Gasteiger charge is 2.25. The molecule has 0 amide bonds. The predicted molar refractivity (Wildman–Crippen MR) is 123 cm³/mol. The van der Waals surface area contributed by atoms with Crippen molar-refractivity contribution in [2.45, 2.75) is 6.92 Å². The van der Waals surface area contributed by atoms with Crippen molar-refractivity contribution in [2.24, 2.45) is 0 Å². The van der Waals surface area contributed by atoms with E-state index in [4.69, 9.17) is 14.1 Å². The van der Waals surface area contributed by atoms with Crippen molar-refractivity contribution in [1.29, 1.82) is 0 Å². The van der Waals surface area contributed by atoms with Crippen molar-refractivity contribution < 1.29 is 9.15 Å². The molecule has 4 heterocycles. The maximum absolute atomic E-state index is 13.8. The van der Waals surface area contributed by atoms with Crippen molar-refractivity contribution in [3.63, 3.8) is 0 Å². The summed E-state index contributed by atoms with van der Waals surface area (Å²) in [6.45, 7) is 1.91. The zero-order chi connectivity index (χ0) is 22.5. The van der Waals surface area contributed by atoms with Crippen LogP contribution in [-0.2, 0) is 0 Å². The zero-order valence-electron chi connectivity index (χ0n) is 17.8. The fourth-order valence-corrected chi connectivity index (χ4v) is 4.11. The molecule has 0 saturated carbocycles. The number of nitrogens with one attached hydrogen (secondary N) is 2. The highest BCUT2D eigenvalue weighted by Crippen LogP contribution is 2.34. The van der Waals surface area contributed by atoms with Gasteiger partial charge in [0.2, 0.25) is 5.89 Å². The maximum Gasteiger partial charge on any atom is 0.286 e. The monoisotopic (exact) mass is 438 g/mol. The molecule has 0 aliphatic rings. The van der Waals surface area contributed by atoms with Gasteiger partial charge in [-0.25, -0.2) is 14.5 Å². The Morgan fingerprint density at radius 2 is 1.85 bits per heavy atom. The number of fused-ring (bicyclic) bond motifs is 2. The molecule has 0 atom stereocenters. The number of ether oxygens (including phenoxy) is 1. The second-order valence-corrected chi connectivity index (χ2v) is 7.59. The van der Waals surface area contributed by atoms with Gasteiger partial charge in [-0.3, -0.25) is 15.0 Å². The number of hydrogen-bond acceptors (Lipinski definition) is 6. The summed E-state index contributed by atoms with van der Waals surface area (Å²) in [6.07, 6.45) is 3.30. The summed E-state index contributed by atoms with van der Waals surface area (Å²) in [5.74, 6) is 0.717. The summed E-state index contributed by atoms with van der Waals surface area (Å²) in [4.78, 5) is 23.3. The molecule has 0 fully saturated rings. The Kier molecular flexibility index (Phi) is 4.16. The van der Waals surface area contributed by atoms with Crippen LogP contribution in [-0.4, -0.2) is 36.9 Å². The summed E-state index contributed by atoms with van der Waals surface area (Å²) in [7, 11) is 1.56. The van der Waals surface area contributed by atoms with E-state index < -0.39 is 0 Å². The van der Waals surface area contributed by atoms with Crippen LogP contribution < -0.4 is 10.3 Å². The smallest absolute Gasteiger partial charge is 0.286 e. The standard InChI is InChI=1S/C24H18N6O3/c1-13-18(14-7-4-3-5-8-14)22-27-20(15-11-25-26-12-15)19(24(31)30(22)29-13)23-28-21-16(32-2)9-6-10-17(21)33-23/h3-12,29H,1-2H3,(H,25,26). The fraction of sp³-hybridized carbons (Fsp3) is 0.0833. The SMILES string of the molecule is COc1cccc2oc(-c3c(-c4cn[nH]c4)nc4c(-c5ccccc5)c(C)[nH]n4c3=O)nc12. The van der Waals surface area contributed by atoms with Gasteiger partial charge >= 0.3 is 0 Å². The lowest BCUT2D eigenvalue weighted by Gasteiger charge is -2.06. The van der Waals surface area contributed by atoms with Gasteiger partial charge in [0.15, 0.2) is 16.7 Å². The van der Waals surface area contributed by atoms with Gasteiger partial charge in [0, 0.05) is 23.0 Å². The average Bonchev–Trinajstić information content (AvgIpc) is 3.57. The molecule has 2 aromatic carbocycles. The Balaban J connectivity index is 1.70. The highest BCUT2D eigenvalue weighted by atomic mass is 16.5. The van der Waals surface area contributed by atoms with E-state index in [1.807, 2.05) is 43.3 Å². The predicted octanol–water partition coefficient (Wildman–Crippen LogP) is 4.20. The number of aromatic amines is 2. The van der Waals surface area contributed by atoms with Crippen molar-refractivity contribution in [2.75, 3.05) is 7.11 Å². The van der Waals surface area contributed by atoms with Gasteiger partial charge in [-0.15, -0.1) is 0 Å². The third-order valence-corrected chi connectivity index (χ3v) is 5.61. The molecule has 9 nitrogen and oxygen atoms in total. The van der Waals surface area contributed by atoms with Crippen LogP contribution in [0.15, 0.2) is 70.1 Å². The summed E-state index contributed by atoms with van der Waals surface area (Å²) < 4.78 is 12.8. The first-order valence-electron chi connectivity index (χ1n) is 10.3. The molecule has 33 heavy (non-hydrogen) atoms. The Labute approximate surface area is 186 Å². The number of rotatable bonds is 4. The van der Waals surface area contributed by atoms with Crippen LogP contribution in [0.5, 0.6) is 5.75 Å². The van der Waals surface area contributed by atoms with E-state index in [2.05, 4.69) is 20.3 Å². The van der Waals surface area contributed by atoms with Gasteiger partial charge in [0.05, 0.1) is 19.0 Å². The number of aryl methyl sites for hydroxylation is 1. The van der Waals surface area contributed by atoms with E-state index in [0.717, 1.165) is 16.8 Å². The minimum absolute atomic E-state index is 0.158. The van der Waals surface area contributed by atoms with Gasteiger partial charge in [-0.05, 0) is 24.6 Å². The van der Waals surface area contributed by atoms with E-state index in [1.54, 1.807) is 31.6 Å². The molecule has 0 spiro atoms. The third-order valence-electron chi connectivity index (χ3n) is 5.61. The zero-order valence-corrected chi connectivity index (χ0v) is 17.8. The third kappa shape index (κ3) is 2.86. The normalized spacial score (nSPS) is 11.5. The molecule has 2 N–H and O–H groups in total. The van der Waals surface area contributed by atoms with Gasteiger partial charge in [-0.1, -0.05) is 36.4 Å². The number of para-hydroxylation sites is 1. The van der Waals surface area contributed by atoms with Crippen LogP contribution in [0.4, 0.5) is 0 Å². The van der Waals surface area contributed by atoms with Crippen LogP contribution in [0.25, 0.3) is 50.6 Å². The topological polar surface area (TPSA) is 114 Å². The number of H-pyrrole nitrogens is 2. The van der Waals surface area contributed by atoms with E-state index in [-0.39, 0.29) is 17.0 Å². The van der Waals surface area contributed by atoms with Gasteiger partial charge in [-0.2, -0.15) is 5.10 Å². The lowest BCUT2D eigenvalue weighted by atomic mass is 10.1. The molecule has 162 valence electrons. The quantitative estimate of drug-likeness (QED) is 0.426. The number of nitrogens with zero attached hydrogens (tertiary/aromatic N) is 4. The largest absolute Gasteiger partial charge is 0.494 e. The number of methoxy groups -OCH3 is 1. The summed E-state index contributed by atoms with van der Waals surface area (Å²) in [5, 5.41) is 10.00. The Hall–Kier alpha value is -4.66. The Morgan fingerprint density at radius 1 is 1.00 bits per heavy atom. The Bertz CT molecular complexity index is 1680. The second kappa shape index (κ2) is 7.20. The first-order valence-corrected chi connectivity index (χ1v) is 10.3. The van der Waals surface area contributed by atoms with E-state index in [9.17, 15) is 4.79 Å². The number of hydrogen-bond donors (Lipinski definition) is 2. The van der Waals surface area contributed by atoms with Gasteiger partial charge in [0.1, 0.15) is 11.3 Å². The van der Waals surface area contributed by atoms with E-state index in [0.29, 0.717) is 33.8 Å². The summed E-state index contributed by atoms with van der Waals surface area (Å²) in [5.41, 5.74) is 5.16. The highest BCUT2D eigenvalue weighted by molar-refractivity contribution is 5.87. The van der Waals surface area contributed by atoms with Gasteiger partial charge < -0.3 is 9.15 Å². The molecule has 6 aromatic rings. The molecule has 0 bridgehead atoms. The summed E-state index contributed by atoms with van der Waals surface area (Å²) >= 11 is 0. The Morgan fingerprint density at radius 3 is 2.61 bits per heavy atom. The molecule has 9 heteroatoms. The maximum atomic E-state index is 13.8. The van der Waals surface area contributed by atoms with Crippen molar-refractivity contribution in [3.8, 4) is 39.6 Å². The second-order valence-electron chi connectivity index (χ2n) is 7.59. The lowest BCUT2D eigenvalue weighted by molar-refractivity contribution is 0.419. The minimum atomic E-state index is -0.327. The molecule has 0 aliphatic carbocycles. The minimum Gasteiger partial charge on any atom is -0.494 e. The van der Waals surface area contributed by atoms with Crippen molar-refractivity contribution in [3.05, 3.63) is 77.0 Å². The molecule has 0 saturated heterocycles. The average molecular weight is 438 g/mol. The molecule has 6 rings (SSSR count). The molecular formula is C24H18N6O3. The molecular weight excluding hydrogens is 420 g/mol. The number of benzene rings is 2. The lowest BCUT2D eigenvalue weighted by Crippen LogP contribution is -2.19. The molecule has 4 aromatic heterocycles. The van der Waals surface area contributed by atoms with Crippen LogP contribution in [0.2, 0.25) is 0 Å². The van der Waals surface area contributed by atoms with E-state index >= 15 is 0 Å². The molecule has 0 radical (unpaired) electrons. The summed E-state index contributed by atoms with van der Waals surface area (Å²) in [6, 6.07) is 15.2. The molecule has 0 unspecified atom stereocenters. The first kappa shape index (κ1) is 19.1. The van der Waals surface area contributed by atoms with Crippen LogP contribution in [0.1, 0.15) is 5.69 Å². The van der Waals surface area contributed by atoms with Crippen LogP contribution >= 0.6 is 0 Å². The fourth-order valence-electron chi connectivity index (χ4n) is 4.11. The van der Waals surface area contributed by atoms with Gasteiger partial charge in [0.25, 0.3) is 5.56 Å². The van der Waals surface area contributed by atoms with Crippen LogP contribution in [0.3, 0.4) is 0 Å².